The fourth-order valence-corrected chi connectivity index (χ4v) is 2.64. The van der Waals surface area contributed by atoms with Crippen LogP contribution in [0.3, 0.4) is 0 Å². The van der Waals surface area contributed by atoms with E-state index in [2.05, 4.69) is 10.6 Å². The molecule has 0 aliphatic carbocycles. The molecule has 0 aliphatic heterocycles. The Morgan fingerprint density at radius 1 is 1.00 bits per heavy atom. The number of amides is 2. The van der Waals surface area contributed by atoms with Gasteiger partial charge in [0.1, 0.15) is 12.4 Å². The van der Waals surface area contributed by atoms with Crippen LogP contribution in [-0.2, 0) is 22.7 Å². The van der Waals surface area contributed by atoms with Gasteiger partial charge in [-0.05, 0) is 47.5 Å². The summed E-state index contributed by atoms with van der Waals surface area (Å²) in [6.45, 7) is 0.594. The molecule has 0 saturated carbocycles. The molecule has 0 aliphatic rings. The summed E-state index contributed by atoms with van der Waals surface area (Å²) < 4.78 is 15.7. The van der Waals surface area contributed by atoms with Crippen LogP contribution in [0.4, 0.5) is 5.69 Å². The van der Waals surface area contributed by atoms with Gasteiger partial charge < -0.3 is 24.5 Å². The Hall–Kier alpha value is -3.58. The maximum atomic E-state index is 12.0. The number of benzene rings is 2. The summed E-state index contributed by atoms with van der Waals surface area (Å²) in [7, 11) is 1.60. The number of nitrogens with one attached hydrogen (secondary N) is 2. The first-order valence-corrected chi connectivity index (χ1v) is 9.05. The lowest BCUT2D eigenvalue weighted by Crippen LogP contribution is -2.27. The van der Waals surface area contributed by atoms with Gasteiger partial charge in [-0.2, -0.15) is 0 Å². The molecule has 0 saturated heterocycles. The van der Waals surface area contributed by atoms with E-state index in [4.69, 9.17) is 13.9 Å². The Morgan fingerprint density at radius 3 is 2.62 bits per heavy atom. The molecule has 1 aromatic heterocycles. The molecule has 2 aromatic carbocycles. The normalized spacial score (nSPS) is 10.4. The summed E-state index contributed by atoms with van der Waals surface area (Å²) >= 11 is 0. The number of ether oxygens (including phenoxy) is 2. The van der Waals surface area contributed by atoms with Gasteiger partial charge in [-0.15, -0.1) is 0 Å². The third-order valence-electron chi connectivity index (χ3n) is 4.06. The van der Waals surface area contributed by atoms with Gasteiger partial charge in [-0.1, -0.05) is 24.3 Å². The topological polar surface area (TPSA) is 89.8 Å². The molecule has 29 heavy (non-hydrogen) atoms. The van der Waals surface area contributed by atoms with Crippen molar-refractivity contribution in [2.45, 2.75) is 13.2 Å². The highest BCUT2D eigenvalue weighted by atomic mass is 16.5. The first-order valence-electron chi connectivity index (χ1n) is 9.05. The highest BCUT2D eigenvalue weighted by Gasteiger charge is 2.09. The molecule has 7 nitrogen and oxygen atoms in total. The van der Waals surface area contributed by atoms with Gasteiger partial charge >= 0.3 is 0 Å². The van der Waals surface area contributed by atoms with E-state index in [0.29, 0.717) is 18.8 Å². The second kappa shape index (κ2) is 10.1. The lowest BCUT2D eigenvalue weighted by atomic mass is 10.2. The smallest absolute Gasteiger partial charge is 0.291 e. The first kappa shape index (κ1) is 20.2. The molecule has 7 heteroatoms. The van der Waals surface area contributed by atoms with Crippen molar-refractivity contribution in [1.29, 1.82) is 0 Å². The third kappa shape index (κ3) is 6.22. The van der Waals surface area contributed by atoms with Gasteiger partial charge in [0.25, 0.3) is 5.91 Å². The van der Waals surface area contributed by atoms with E-state index in [9.17, 15) is 9.59 Å². The van der Waals surface area contributed by atoms with Crippen LogP contribution < -0.4 is 15.4 Å². The molecule has 1 heterocycles. The van der Waals surface area contributed by atoms with Crippen molar-refractivity contribution in [3.63, 3.8) is 0 Å². The molecule has 3 rings (SSSR count). The Labute approximate surface area is 168 Å². The largest absolute Gasteiger partial charge is 0.497 e. The number of hydrogen-bond donors (Lipinski definition) is 2. The zero-order valence-corrected chi connectivity index (χ0v) is 16.0. The maximum Gasteiger partial charge on any atom is 0.291 e. The number of carbonyl (C=O) groups is 2. The number of methoxy groups -OCH3 is 1. The molecule has 2 amide bonds. The van der Waals surface area contributed by atoms with E-state index >= 15 is 0 Å². The summed E-state index contributed by atoms with van der Waals surface area (Å²) in [4.78, 5) is 24.0. The minimum Gasteiger partial charge on any atom is -0.497 e. The summed E-state index contributed by atoms with van der Waals surface area (Å²) in [6.07, 6.45) is 1.44. The predicted molar refractivity (Wildman–Crippen MR) is 108 cm³/mol. The molecule has 0 atom stereocenters. The fourth-order valence-electron chi connectivity index (χ4n) is 2.64. The van der Waals surface area contributed by atoms with Gasteiger partial charge in [0.05, 0.1) is 20.0 Å². The van der Waals surface area contributed by atoms with Gasteiger partial charge in [0.15, 0.2) is 5.76 Å². The van der Waals surface area contributed by atoms with Gasteiger partial charge in [0, 0.05) is 12.2 Å². The van der Waals surface area contributed by atoms with E-state index in [1.807, 2.05) is 30.3 Å². The van der Waals surface area contributed by atoms with Gasteiger partial charge in [-0.3, -0.25) is 9.59 Å². The second-order valence-corrected chi connectivity index (χ2v) is 6.25. The zero-order valence-electron chi connectivity index (χ0n) is 16.0. The summed E-state index contributed by atoms with van der Waals surface area (Å²) in [5, 5.41) is 5.55. The van der Waals surface area contributed by atoms with Crippen molar-refractivity contribution >= 4 is 17.5 Å². The molecular formula is C22H22N2O5. The van der Waals surface area contributed by atoms with Crippen LogP contribution in [0, 0.1) is 0 Å². The molecule has 150 valence electrons. The summed E-state index contributed by atoms with van der Waals surface area (Å²) in [6, 6.07) is 17.9. The average Bonchev–Trinajstić information content (AvgIpc) is 3.28. The number of anilines is 1. The molecule has 0 radical (unpaired) electrons. The zero-order chi connectivity index (χ0) is 20.5. The average molecular weight is 394 g/mol. The SMILES string of the molecule is COc1cccc(COCC(=O)NCc2cccc(NC(=O)c3ccco3)c2)c1. The van der Waals surface area contributed by atoms with Gasteiger partial charge in [0.2, 0.25) is 5.91 Å². The quantitative estimate of drug-likeness (QED) is 0.581. The fraction of sp³-hybridized carbons (Fsp3) is 0.182. The van der Waals surface area contributed by atoms with E-state index in [1.165, 1.54) is 6.26 Å². The highest BCUT2D eigenvalue weighted by molar-refractivity contribution is 6.02. The Bertz CT molecular complexity index is 953. The lowest BCUT2D eigenvalue weighted by molar-refractivity contribution is -0.126. The van der Waals surface area contributed by atoms with Crippen molar-refractivity contribution in [3.05, 3.63) is 83.8 Å². The van der Waals surface area contributed by atoms with E-state index < -0.39 is 0 Å². The van der Waals surface area contributed by atoms with Crippen LogP contribution in [0.1, 0.15) is 21.7 Å². The molecule has 3 aromatic rings. The molecule has 0 bridgehead atoms. The minimum atomic E-state index is -0.331. The molecule has 2 N–H and O–H groups in total. The maximum absolute atomic E-state index is 12.0. The van der Waals surface area contributed by atoms with E-state index in [0.717, 1.165) is 16.9 Å². The Balaban J connectivity index is 1.43. The van der Waals surface area contributed by atoms with E-state index in [-0.39, 0.29) is 24.2 Å². The predicted octanol–water partition coefficient (Wildman–Crippen LogP) is 3.37. The van der Waals surface area contributed by atoms with Crippen LogP contribution in [0.15, 0.2) is 71.3 Å². The number of carbonyl (C=O) groups excluding carboxylic acids is 2. The molecular weight excluding hydrogens is 372 g/mol. The van der Waals surface area contributed by atoms with Crippen LogP contribution in [0.25, 0.3) is 0 Å². The van der Waals surface area contributed by atoms with Crippen LogP contribution in [0.5, 0.6) is 5.75 Å². The lowest BCUT2D eigenvalue weighted by Gasteiger charge is -2.09. The first-order chi connectivity index (χ1) is 14.1. The van der Waals surface area contributed by atoms with Crippen molar-refractivity contribution in [3.8, 4) is 5.75 Å². The highest BCUT2D eigenvalue weighted by Crippen LogP contribution is 2.14. The van der Waals surface area contributed by atoms with E-state index in [1.54, 1.807) is 37.4 Å². The number of furan rings is 1. The molecule has 0 unspecified atom stereocenters. The Morgan fingerprint density at radius 2 is 1.83 bits per heavy atom. The van der Waals surface area contributed by atoms with Crippen molar-refractivity contribution in [2.75, 3.05) is 19.0 Å². The van der Waals surface area contributed by atoms with Crippen molar-refractivity contribution in [2.24, 2.45) is 0 Å². The number of rotatable bonds is 9. The monoisotopic (exact) mass is 394 g/mol. The second-order valence-electron chi connectivity index (χ2n) is 6.25. The van der Waals surface area contributed by atoms with Crippen LogP contribution in [-0.4, -0.2) is 25.5 Å². The Kier molecular flexibility index (Phi) is 7.02. The minimum absolute atomic E-state index is 0.0495. The summed E-state index contributed by atoms with van der Waals surface area (Å²) in [5.74, 6) is 0.423. The van der Waals surface area contributed by atoms with Crippen molar-refractivity contribution in [1.82, 2.24) is 5.32 Å². The van der Waals surface area contributed by atoms with Crippen LogP contribution >= 0.6 is 0 Å². The molecule has 0 fully saturated rings. The third-order valence-corrected chi connectivity index (χ3v) is 4.06. The standard InChI is InChI=1S/C22H22N2O5/c1-27-19-8-3-6-17(12-19)14-28-15-21(25)23-13-16-5-2-7-18(11-16)24-22(26)20-9-4-10-29-20/h2-12H,13-15H2,1H3,(H,23,25)(H,24,26). The summed E-state index contributed by atoms with van der Waals surface area (Å²) in [5.41, 5.74) is 2.40. The van der Waals surface area contributed by atoms with Crippen LogP contribution in [0.2, 0.25) is 0 Å². The van der Waals surface area contributed by atoms with Gasteiger partial charge in [-0.25, -0.2) is 0 Å². The van der Waals surface area contributed by atoms with Crippen molar-refractivity contribution < 1.29 is 23.5 Å². The molecule has 0 spiro atoms. The number of hydrogen-bond acceptors (Lipinski definition) is 5.